The first kappa shape index (κ1) is 22.6. The van der Waals surface area contributed by atoms with Gasteiger partial charge in [-0.05, 0) is 66.6 Å². The summed E-state index contributed by atoms with van der Waals surface area (Å²) in [5.74, 6) is 0.762. The lowest BCUT2D eigenvalue weighted by molar-refractivity contribution is 0.302. The quantitative estimate of drug-likeness (QED) is 0.325. The summed E-state index contributed by atoms with van der Waals surface area (Å²) in [6, 6.07) is 16.6. The number of hydrogen-bond donors (Lipinski definition) is 1. The first-order chi connectivity index (χ1) is 13.9. The lowest BCUT2D eigenvalue weighted by atomic mass is 10.1. The molecule has 0 saturated carbocycles. The van der Waals surface area contributed by atoms with E-state index in [1.54, 1.807) is 18.2 Å². The van der Waals surface area contributed by atoms with E-state index >= 15 is 0 Å². The van der Waals surface area contributed by atoms with Crippen LogP contribution in [0.25, 0.3) is 0 Å². The van der Waals surface area contributed by atoms with Crippen molar-refractivity contribution in [1.82, 2.24) is 5.32 Å². The molecule has 0 fully saturated rings. The summed E-state index contributed by atoms with van der Waals surface area (Å²) >= 11 is 30.4. The van der Waals surface area contributed by atoms with Crippen LogP contribution in [-0.4, -0.2) is 6.54 Å². The topological polar surface area (TPSA) is 21.3 Å². The first-order valence-electron chi connectivity index (χ1n) is 8.92. The third kappa shape index (κ3) is 6.68. The minimum absolute atomic E-state index is 0.381. The van der Waals surface area contributed by atoms with Crippen LogP contribution in [0.4, 0.5) is 0 Å². The molecular formula is C22H18Cl5NO. The molecule has 0 spiro atoms. The average Bonchev–Trinajstić information content (AvgIpc) is 2.68. The zero-order valence-electron chi connectivity index (χ0n) is 15.3. The molecule has 3 aromatic carbocycles. The molecule has 0 amide bonds. The molecule has 0 aliphatic rings. The number of hydrogen-bond acceptors (Lipinski definition) is 2. The minimum atomic E-state index is 0.381. The van der Waals surface area contributed by atoms with Gasteiger partial charge in [0.15, 0.2) is 0 Å². The van der Waals surface area contributed by atoms with Crippen LogP contribution in [0.3, 0.4) is 0 Å². The molecular weight excluding hydrogens is 472 g/mol. The second kappa shape index (κ2) is 10.8. The third-order valence-corrected chi connectivity index (χ3v) is 5.86. The Balaban J connectivity index is 1.58. The van der Waals surface area contributed by atoms with Crippen LogP contribution in [0.5, 0.6) is 5.75 Å². The van der Waals surface area contributed by atoms with Gasteiger partial charge in [0.1, 0.15) is 12.4 Å². The van der Waals surface area contributed by atoms with Crippen molar-refractivity contribution >= 4 is 58.0 Å². The van der Waals surface area contributed by atoms with E-state index in [4.69, 9.17) is 62.7 Å². The van der Waals surface area contributed by atoms with Gasteiger partial charge in [-0.25, -0.2) is 0 Å². The van der Waals surface area contributed by atoms with Gasteiger partial charge in [0.25, 0.3) is 0 Å². The lowest BCUT2D eigenvalue weighted by Gasteiger charge is -2.13. The summed E-state index contributed by atoms with van der Waals surface area (Å²) in [5.41, 5.74) is 2.95. The van der Waals surface area contributed by atoms with Gasteiger partial charge in [0.2, 0.25) is 0 Å². The Morgan fingerprint density at radius 3 is 2.21 bits per heavy atom. The van der Waals surface area contributed by atoms with Crippen LogP contribution in [0.1, 0.15) is 16.7 Å². The SMILES string of the molecule is Clc1ccc(CCNCc2cc(Cl)ccc2OCc2ccc(Cl)c(Cl)c2)c(Cl)c1. The van der Waals surface area contributed by atoms with E-state index in [2.05, 4.69) is 5.32 Å². The van der Waals surface area contributed by atoms with Gasteiger partial charge in [0, 0.05) is 27.2 Å². The molecule has 0 saturated heterocycles. The van der Waals surface area contributed by atoms with Crippen molar-refractivity contribution < 1.29 is 4.74 Å². The highest BCUT2D eigenvalue weighted by molar-refractivity contribution is 6.42. The average molecular weight is 490 g/mol. The second-order valence-corrected chi connectivity index (χ2v) is 8.55. The van der Waals surface area contributed by atoms with Gasteiger partial charge in [0.05, 0.1) is 10.0 Å². The van der Waals surface area contributed by atoms with Crippen LogP contribution in [0.2, 0.25) is 25.1 Å². The fourth-order valence-corrected chi connectivity index (χ4v) is 3.81. The third-order valence-electron chi connectivity index (χ3n) is 4.30. The molecule has 0 bridgehead atoms. The fourth-order valence-electron chi connectivity index (χ4n) is 2.79. The normalized spacial score (nSPS) is 10.9. The van der Waals surface area contributed by atoms with Crippen LogP contribution in [0.15, 0.2) is 54.6 Å². The minimum Gasteiger partial charge on any atom is -0.489 e. The van der Waals surface area contributed by atoms with Gasteiger partial charge in [-0.2, -0.15) is 0 Å². The molecule has 0 atom stereocenters. The summed E-state index contributed by atoms with van der Waals surface area (Å²) in [6.07, 6.45) is 0.788. The van der Waals surface area contributed by atoms with Crippen LogP contribution in [-0.2, 0) is 19.6 Å². The summed E-state index contributed by atoms with van der Waals surface area (Å²) in [6.45, 7) is 1.74. The molecule has 0 heterocycles. The van der Waals surface area contributed by atoms with E-state index in [1.807, 2.05) is 36.4 Å². The predicted molar refractivity (Wildman–Crippen MR) is 124 cm³/mol. The standard InChI is InChI=1S/C22H18Cl5NO/c23-17-4-6-22(29-13-14-1-5-19(25)21(27)9-14)16(10-17)12-28-8-7-15-2-3-18(24)11-20(15)26/h1-6,9-11,28H,7-8,12-13H2. The number of benzene rings is 3. The van der Waals surface area contributed by atoms with Crippen LogP contribution < -0.4 is 10.1 Å². The summed E-state index contributed by atoms with van der Waals surface area (Å²) in [5, 5.41) is 6.40. The van der Waals surface area contributed by atoms with E-state index < -0.39 is 0 Å². The zero-order chi connectivity index (χ0) is 20.8. The number of rotatable bonds is 8. The van der Waals surface area contributed by atoms with Crippen molar-refractivity contribution in [2.75, 3.05) is 6.54 Å². The zero-order valence-corrected chi connectivity index (χ0v) is 19.1. The fraction of sp³-hybridized carbons (Fsp3) is 0.182. The number of ether oxygens (including phenoxy) is 1. The van der Waals surface area contributed by atoms with Gasteiger partial charge >= 0.3 is 0 Å². The highest BCUT2D eigenvalue weighted by Crippen LogP contribution is 2.26. The molecule has 3 rings (SSSR count). The molecule has 0 aliphatic heterocycles. The van der Waals surface area contributed by atoms with Crippen molar-refractivity contribution in [1.29, 1.82) is 0 Å². The van der Waals surface area contributed by atoms with Crippen molar-refractivity contribution in [2.45, 2.75) is 19.6 Å². The predicted octanol–water partition coefficient (Wildman–Crippen LogP) is 7.86. The van der Waals surface area contributed by atoms with Crippen molar-refractivity contribution in [3.8, 4) is 5.75 Å². The highest BCUT2D eigenvalue weighted by Gasteiger charge is 2.07. The highest BCUT2D eigenvalue weighted by atomic mass is 35.5. The Kier molecular flexibility index (Phi) is 8.37. The monoisotopic (exact) mass is 487 g/mol. The van der Waals surface area contributed by atoms with Crippen molar-refractivity contribution in [3.63, 3.8) is 0 Å². The number of nitrogens with one attached hydrogen (secondary N) is 1. The smallest absolute Gasteiger partial charge is 0.124 e. The summed E-state index contributed by atoms with van der Waals surface area (Å²) in [7, 11) is 0. The molecule has 0 radical (unpaired) electrons. The van der Waals surface area contributed by atoms with Gasteiger partial charge < -0.3 is 10.1 Å². The molecule has 152 valence electrons. The Labute approximate surface area is 195 Å². The Bertz CT molecular complexity index is 993. The molecule has 0 aromatic heterocycles. The molecule has 7 heteroatoms. The van der Waals surface area contributed by atoms with Gasteiger partial charge in [-0.15, -0.1) is 0 Å². The van der Waals surface area contributed by atoms with Gasteiger partial charge in [-0.1, -0.05) is 70.1 Å². The van der Waals surface area contributed by atoms with Crippen molar-refractivity contribution in [3.05, 3.63) is 96.4 Å². The summed E-state index contributed by atoms with van der Waals surface area (Å²) < 4.78 is 5.98. The Hall–Kier alpha value is -1.13. The van der Waals surface area contributed by atoms with E-state index in [0.29, 0.717) is 38.3 Å². The number of halogens is 5. The van der Waals surface area contributed by atoms with E-state index in [1.165, 1.54) is 0 Å². The Morgan fingerprint density at radius 2 is 1.45 bits per heavy atom. The molecule has 0 unspecified atom stereocenters. The Morgan fingerprint density at radius 1 is 0.690 bits per heavy atom. The van der Waals surface area contributed by atoms with Crippen LogP contribution >= 0.6 is 58.0 Å². The molecule has 0 aliphatic carbocycles. The van der Waals surface area contributed by atoms with Crippen molar-refractivity contribution in [2.24, 2.45) is 0 Å². The van der Waals surface area contributed by atoms with Crippen LogP contribution in [0, 0.1) is 0 Å². The maximum atomic E-state index is 6.22. The first-order valence-corrected chi connectivity index (χ1v) is 10.8. The largest absolute Gasteiger partial charge is 0.489 e. The second-order valence-electron chi connectivity index (χ2n) is 6.45. The van der Waals surface area contributed by atoms with E-state index in [-0.39, 0.29) is 0 Å². The maximum Gasteiger partial charge on any atom is 0.124 e. The van der Waals surface area contributed by atoms with E-state index in [9.17, 15) is 0 Å². The molecule has 3 aromatic rings. The molecule has 1 N–H and O–H groups in total. The molecule has 29 heavy (non-hydrogen) atoms. The maximum absolute atomic E-state index is 6.22. The summed E-state index contributed by atoms with van der Waals surface area (Å²) in [4.78, 5) is 0. The van der Waals surface area contributed by atoms with Gasteiger partial charge in [-0.3, -0.25) is 0 Å². The lowest BCUT2D eigenvalue weighted by Crippen LogP contribution is -2.17. The van der Waals surface area contributed by atoms with E-state index in [0.717, 1.165) is 35.4 Å². The molecule has 2 nitrogen and oxygen atoms in total.